The molecule has 0 aliphatic heterocycles. The number of carbonyl (C=O) groups excluding carboxylic acids is 1. The Morgan fingerprint density at radius 1 is 0.963 bits per heavy atom. The molecule has 0 aliphatic carbocycles. The second-order valence-electron chi connectivity index (χ2n) is 6.40. The van der Waals surface area contributed by atoms with Crippen molar-refractivity contribution in [2.24, 2.45) is 5.92 Å². The fraction of sp³-hybridized carbons (Fsp3) is 0.550. The van der Waals surface area contributed by atoms with Gasteiger partial charge >= 0.3 is 28.5 Å². The summed E-state index contributed by atoms with van der Waals surface area (Å²) in [6.07, 6.45) is 9.11. The lowest BCUT2D eigenvalue weighted by molar-refractivity contribution is -0.535. The van der Waals surface area contributed by atoms with Crippen LogP contribution >= 0.6 is 0 Å². The lowest BCUT2D eigenvalue weighted by Crippen LogP contribution is -3.59. The van der Waals surface area contributed by atoms with Gasteiger partial charge in [-0.05, 0) is 30.9 Å². The molecule has 0 bridgehead atoms. The fourth-order valence-electron chi connectivity index (χ4n) is 2.12. The Kier molecular flexibility index (Phi) is 15.4. The van der Waals surface area contributed by atoms with Crippen LogP contribution in [0.25, 0.3) is 0 Å². The fourth-order valence-corrected chi connectivity index (χ4v) is 3.67. The first kappa shape index (κ1) is 26.0. The number of ketones is 1. The van der Waals surface area contributed by atoms with Gasteiger partial charge in [-0.1, -0.05) is 57.7 Å². The van der Waals surface area contributed by atoms with Gasteiger partial charge in [0.2, 0.25) is 3.57 Å². The summed E-state index contributed by atoms with van der Waals surface area (Å²) in [7, 11) is -6.00. The van der Waals surface area contributed by atoms with E-state index in [0.29, 0.717) is 5.78 Å². The van der Waals surface area contributed by atoms with E-state index in [2.05, 4.69) is 40.2 Å². The third-order valence-electron chi connectivity index (χ3n) is 3.58. The topological polar surface area (TPSA) is 17.1 Å². The minimum atomic E-state index is -6.00. The molecule has 1 nitrogen and oxygen atoms in total. The lowest BCUT2D eigenvalue weighted by Gasteiger charge is -2.03. The van der Waals surface area contributed by atoms with Gasteiger partial charge in [0.15, 0.2) is 3.93 Å². The van der Waals surface area contributed by atoms with E-state index < -0.39 is 7.25 Å². The maximum Gasteiger partial charge on any atom is 0.673 e. The Morgan fingerprint density at radius 3 is 2.04 bits per heavy atom. The zero-order chi connectivity index (χ0) is 20.5. The van der Waals surface area contributed by atoms with E-state index in [1.54, 1.807) is 0 Å². The van der Waals surface area contributed by atoms with Gasteiger partial charge in [0.25, 0.3) is 0 Å². The maximum atomic E-state index is 11.5. The van der Waals surface area contributed by atoms with Crippen LogP contribution in [0.5, 0.6) is 0 Å². The van der Waals surface area contributed by atoms with Gasteiger partial charge < -0.3 is 17.3 Å². The summed E-state index contributed by atoms with van der Waals surface area (Å²) in [4.78, 5) is 11.5. The number of rotatable bonds is 10. The minimum absolute atomic E-state index is 0.113. The molecule has 0 saturated heterocycles. The van der Waals surface area contributed by atoms with Crippen molar-refractivity contribution in [1.82, 2.24) is 0 Å². The Morgan fingerprint density at radius 2 is 1.48 bits per heavy atom. The first-order chi connectivity index (χ1) is 12.7. The highest BCUT2D eigenvalue weighted by atomic mass is 127. The van der Waals surface area contributed by atoms with Crippen LogP contribution in [-0.4, -0.2) is 13.0 Å². The summed E-state index contributed by atoms with van der Waals surface area (Å²) in [6.45, 7) is 3.98. The monoisotopic (exact) mass is 498 g/mol. The molecule has 1 rings (SSSR count). The molecular formula is C20H28BF4IO. The van der Waals surface area contributed by atoms with Crippen LogP contribution in [0.2, 0.25) is 0 Å². The van der Waals surface area contributed by atoms with Gasteiger partial charge in [-0.3, -0.25) is 4.79 Å². The molecule has 0 saturated carbocycles. The van der Waals surface area contributed by atoms with E-state index in [9.17, 15) is 22.1 Å². The summed E-state index contributed by atoms with van der Waals surface area (Å²) in [5.74, 6) is 3.94. The Balaban J connectivity index is 0.00000119. The summed E-state index contributed by atoms with van der Waals surface area (Å²) in [6, 6.07) is 10.6. The first-order valence-electron chi connectivity index (χ1n) is 9.27. The molecule has 0 radical (unpaired) electrons. The molecule has 152 valence electrons. The van der Waals surface area contributed by atoms with Crippen LogP contribution in [0.4, 0.5) is 17.3 Å². The number of carbonyl (C=O) groups is 1. The summed E-state index contributed by atoms with van der Waals surface area (Å²) in [5.41, 5.74) is 0. The van der Waals surface area contributed by atoms with Gasteiger partial charge in [-0.2, -0.15) is 0 Å². The van der Waals surface area contributed by atoms with Gasteiger partial charge in [0.05, 0.1) is 0 Å². The third kappa shape index (κ3) is 21.1. The molecule has 0 heterocycles. The van der Waals surface area contributed by atoms with Crippen LogP contribution < -0.4 is 21.2 Å². The van der Waals surface area contributed by atoms with Crippen molar-refractivity contribution < 1.29 is 43.3 Å². The van der Waals surface area contributed by atoms with Crippen LogP contribution in [0.3, 0.4) is 0 Å². The van der Waals surface area contributed by atoms with Crippen molar-refractivity contribution >= 4 is 13.0 Å². The highest BCUT2D eigenvalue weighted by Crippen LogP contribution is 2.10. The second kappa shape index (κ2) is 16.0. The molecule has 0 unspecified atom stereocenters. The van der Waals surface area contributed by atoms with E-state index in [4.69, 9.17) is 0 Å². The van der Waals surface area contributed by atoms with Gasteiger partial charge in [0.1, 0.15) is 5.78 Å². The molecule has 0 N–H and O–H groups in total. The Bertz CT molecular complexity index is 559. The number of hydrogen-bond acceptors (Lipinski definition) is 1. The molecule has 0 spiro atoms. The number of halogens is 5. The smallest absolute Gasteiger partial charge is 0.418 e. The maximum absolute atomic E-state index is 11.5. The third-order valence-corrected chi connectivity index (χ3v) is 5.57. The Labute approximate surface area is 171 Å². The second-order valence-corrected chi connectivity index (χ2v) is 8.72. The quantitative estimate of drug-likeness (QED) is 0.159. The predicted octanol–water partition coefficient (Wildman–Crippen LogP) is 3.55. The number of Topliss-reactive ketones (excluding diaryl/α,β-unsaturated/α-hetero) is 1. The SMILES string of the molecule is CC(C)C(=O)CCCCCCCCC#C[I+]c1ccccc1.F[B-](F)(F)F. The summed E-state index contributed by atoms with van der Waals surface area (Å²) < 4.78 is 43.8. The molecule has 0 aliphatic rings. The van der Waals surface area contributed by atoms with Crippen molar-refractivity contribution in [1.29, 1.82) is 0 Å². The molecule has 1 aromatic rings. The van der Waals surface area contributed by atoms with Crippen molar-refractivity contribution in [2.75, 3.05) is 0 Å². The van der Waals surface area contributed by atoms with E-state index in [-0.39, 0.29) is 27.1 Å². The zero-order valence-corrected chi connectivity index (χ0v) is 18.2. The highest BCUT2D eigenvalue weighted by Gasteiger charge is 2.20. The van der Waals surface area contributed by atoms with Crippen molar-refractivity contribution in [3.05, 3.63) is 33.9 Å². The van der Waals surface area contributed by atoms with Crippen molar-refractivity contribution in [2.45, 2.75) is 65.2 Å². The van der Waals surface area contributed by atoms with Crippen molar-refractivity contribution in [3.63, 3.8) is 0 Å². The van der Waals surface area contributed by atoms with Gasteiger partial charge in [0, 0.05) is 18.8 Å². The summed E-state index contributed by atoms with van der Waals surface area (Å²) in [5, 5.41) is 0. The van der Waals surface area contributed by atoms with Crippen LogP contribution in [0.15, 0.2) is 30.3 Å². The highest BCUT2D eigenvalue weighted by molar-refractivity contribution is 6.50. The van der Waals surface area contributed by atoms with Crippen LogP contribution in [-0.2, 0) is 4.79 Å². The number of benzene rings is 1. The predicted molar refractivity (Wildman–Crippen MR) is 99.9 cm³/mol. The normalized spacial score (nSPS) is 10.6. The molecular weight excluding hydrogens is 470 g/mol. The average molecular weight is 498 g/mol. The molecule has 1 aromatic carbocycles. The van der Waals surface area contributed by atoms with Crippen LogP contribution in [0, 0.1) is 19.3 Å². The van der Waals surface area contributed by atoms with E-state index in [1.807, 2.05) is 13.8 Å². The molecule has 0 atom stereocenters. The molecule has 7 heteroatoms. The molecule has 0 fully saturated rings. The van der Waals surface area contributed by atoms with Crippen LogP contribution in [0.1, 0.15) is 65.2 Å². The van der Waals surface area contributed by atoms with E-state index in [0.717, 1.165) is 19.3 Å². The van der Waals surface area contributed by atoms with Gasteiger partial charge in [-0.15, -0.1) is 0 Å². The zero-order valence-electron chi connectivity index (χ0n) is 16.0. The number of unbranched alkanes of at least 4 members (excludes halogenated alkanes) is 6. The van der Waals surface area contributed by atoms with E-state index >= 15 is 0 Å². The average Bonchev–Trinajstić information content (AvgIpc) is 2.58. The first-order valence-corrected chi connectivity index (χ1v) is 11.4. The summed E-state index contributed by atoms with van der Waals surface area (Å²) >= 11 is -0.113. The molecule has 27 heavy (non-hydrogen) atoms. The molecule has 0 amide bonds. The van der Waals surface area contributed by atoms with Crippen molar-refractivity contribution in [3.8, 4) is 9.85 Å². The number of hydrogen-bond donors (Lipinski definition) is 0. The van der Waals surface area contributed by atoms with Gasteiger partial charge in [-0.25, -0.2) is 0 Å². The van der Waals surface area contributed by atoms with E-state index in [1.165, 1.54) is 35.7 Å². The standard InChI is InChI=1S/C20H28IO.BF4/c1-18(2)20(22)16-12-7-5-3-4-6-8-13-17-21-19-14-10-9-11-15-19;2-1(3,4)5/h9-11,14-15,18H,3-8,12,16H2,1-2H3;/q+1;-1. The Hall–Kier alpha value is -1.04. The largest absolute Gasteiger partial charge is 0.673 e. The molecule has 0 aromatic heterocycles. The lowest BCUT2D eigenvalue weighted by atomic mass is 10.0. The minimum Gasteiger partial charge on any atom is -0.418 e.